The first kappa shape index (κ1) is 14.8. The van der Waals surface area contributed by atoms with Crippen LogP contribution in [0.15, 0.2) is 18.2 Å². The smallest absolute Gasteiger partial charge is 0.253 e. The Morgan fingerprint density at radius 2 is 1.95 bits per heavy atom. The SMILES string of the molecule is CNC(=O)CCN(C)c1cc(N)ccc1C(=O)NC. The summed E-state index contributed by atoms with van der Waals surface area (Å²) in [7, 11) is 5.00. The van der Waals surface area contributed by atoms with Gasteiger partial charge in [-0.2, -0.15) is 0 Å². The van der Waals surface area contributed by atoms with Crippen LogP contribution in [0.4, 0.5) is 11.4 Å². The molecule has 0 bridgehead atoms. The van der Waals surface area contributed by atoms with Crippen molar-refractivity contribution < 1.29 is 9.59 Å². The van der Waals surface area contributed by atoms with E-state index in [1.165, 1.54) is 0 Å². The lowest BCUT2D eigenvalue weighted by atomic mass is 10.1. The van der Waals surface area contributed by atoms with E-state index < -0.39 is 0 Å². The molecule has 0 atom stereocenters. The van der Waals surface area contributed by atoms with Crippen LogP contribution in [0, 0.1) is 0 Å². The summed E-state index contributed by atoms with van der Waals surface area (Å²) in [6, 6.07) is 5.09. The molecule has 0 aliphatic heterocycles. The van der Waals surface area contributed by atoms with Crippen LogP contribution in [0.3, 0.4) is 0 Å². The van der Waals surface area contributed by atoms with Crippen molar-refractivity contribution in [2.75, 3.05) is 38.3 Å². The van der Waals surface area contributed by atoms with Gasteiger partial charge in [-0.3, -0.25) is 9.59 Å². The van der Waals surface area contributed by atoms with Gasteiger partial charge >= 0.3 is 0 Å². The number of carbonyl (C=O) groups excluding carboxylic acids is 2. The summed E-state index contributed by atoms with van der Waals surface area (Å²) >= 11 is 0. The molecule has 0 aliphatic carbocycles. The molecule has 0 fully saturated rings. The van der Waals surface area contributed by atoms with Gasteiger partial charge in [-0.05, 0) is 18.2 Å². The third-order valence-electron chi connectivity index (χ3n) is 2.86. The number of hydrogen-bond acceptors (Lipinski definition) is 4. The maximum atomic E-state index is 11.8. The van der Waals surface area contributed by atoms with Gasteiger partial charge in [0.05, 0.1) is 11.3 Å². The number of hydrogen-bond donors (Lipinski definition) is 3. The molecular formula is C13H20N4O2. The van der Waals surface area contributed by atoms with Crippen molar-refractivity contribution in [3.05, 3.63) is 23.8 Å². The number of nitrogens with one attached hydrogen (secondary N) is 2. The number of carbonyl (C=O) groups is 2. The lowest BCUT2D eigenvalue weighted by Gasteiger charge is -2.22. The van der Waals surface area contributed by atoms with Gasteiger partial charge in [-0.15, -0.1) is 0 Å². The van der Waals surface area contributed by atoms with Crippen LogP contribution in [-0.2, 0) is 4.79 Å². The average molecular weight is 264 g/mol. The molecule has 1 aromatic carbocycles. The van der Waals surface area contributed by atoms with Crippen molar-refractivity contribution >= 4 is 23.2 Å². The molecule has 4 N–H and O–H groups in total. The van der Waals surface area contributed by atoms with Crippen molar-refractivity contribution in [3.63, 3.8) is 0 Å². The molecule has 19 heavy (non-hydrogen) atoms. The molecule has 0 heterocycles. The summed E-state index contributed by atoms with van der Waals surface area (Å²) in [5.74, 6) is -0.223. The third-order valence-corrected chi connectivity index (χ3v) is 2.86. The van der Waals surface area contributed by atoms with Gasteiger partial charge in [0.15, 0.2) is 0 Å². The van der Waals surface area contributed by atoms with E-state index >= 15 is 0 Å². The fourth-order valence-electron chi connectivity index (χ4n) is 1.71. The largest absolute Gasteiger partial charge is 0.399 e. The highest BCUT2D eigenvalue weighted by Gasteiger charge is 2.14. The topological polar surface area (TPSA) is 87.5 Å². The van der Waals surface area contributed by atoms with Crippen LogP contribution < -0.4 is 21.3 Å². The first-order valence-electron chi connectivity index (χ1n) is 6.03. The van der Waals surface area contributed by atoms with Crippen LogP contribution in [0.5, 0.6) is 0 Å². The molecule has 0 spiro atoms. The number of anilines is 2. The van der Waals surface area contributed by atoms with Gasteiger partial charge in [-0.1, -0.05) is 0 Å². The van der Waals surface area contributed by atoms with Crippen LogP contribution >= 0.6 is 0 Å². The molecule has 0 unspecified atom stereocenters. The summed E-state index contributed by atoms with van der Waals surface area (Å²) in [4.78, 5) is 24.9. The summed E-state index contributed by atoms with van der Waals surface area (Å²) in [6.07, 6.45) is 0.356. The Kier molecular flexibility index (Phi) is 5.17. The molecule has 0 aliphatic rings. The van der Waals surface area contributed by atoms with Crippen LogP contribution in [0.2, 0.25) is 0 Å². The summed E-state index contributed by atoms with van der Waals surface area (Å²) in [6.45, 7) is 0.507. The number of nitrogens with zero attached hydrogens (tertiary/aromatic N) is 1. The number of rotatable bonds is 5. The first-order valence-corrected chi connectivity index (χ1v) is 6.03. The van der Waals surface area contributed by atoms with Gasteiger partial charge in [0, 0.05) is 39.8 Å². The number of benzene rings is 1. The number of nitrogens with two attached hydrogens (primary N) is 1. The maximum absolute atomic E-state index is 11.8. The minimum absolute atomic E-state index is 0.0442. The van der Waals surface area contributed by atoms with E-state index in [9.17, 15) is 9.59 Å². The Bertz CT molecular complexity index is 474. The van der Waals surface area contributed by atoms with Crippen molar-refractivity contribution in [2.45, 2.75) is 6.42 Å². The highest BCUT2D eigenvalue weighted by atomic mass is 16.2. The zero-order valence-electron chi connectivity index (χ0n) is 11.5. The predicted molar refractivity (Wildman–Crippen MR) is 76.2 cm³/mol. The monoisotopic (exact) mass is 264 g/mol. The van der Waals surface area contributed by atoms with E-state index in [1.807, 2.05) is 11.9 Å². The number of amides is 2. The summed E-state index contributed by atoms with van der Waals surface area (Å²) in [5.41, 5.74) is 7.58. The van der Waals surface area contributed by atoms with Crippen molar-refractivity contribution in [1.29, 1.82) is 0 Å². The predicted octanol–water partition coefficient (Wildman–Crippen LogP) is 0.201. The second-order valence-corrected chi connectivity index (χ2v) is 4.20. The van der Waals surface area contributed by atoms with Gasteiger partial charge in [-0.25, -0.2) is 0 Å². The standard InChI is InChI=1S/C13H20N4O2/c1-15-12(18)6-7-17(3)11-8-9(14)4-5-10(11)13(19)16-2/h4-5,8H,6-7,14H2,1-3H3,(H,15,18)(H,16,19). The van der Waals surface area contributed by atoms with E-state index in [0.717, 1.165) is 0 Å². The van der Waals surface area contributed by atoms with E-state index in [1.54, 1.807) is 32.3 Å². The third kappa shape index (κ3) is 3.87. The molecule has 0 saturated carbocycles. The Morgan fingerprint density at radius 1 is 1.26 bits per heavy atom. The van der Waals surface area contributed by atoms with Crippen LogP contribution in [0.1, 0.15) is 16.8 Å². The second kappa shape index (κ2) is 6.63. The Hall–Kier alpha value is -2.24. The molecule has 0 saturated heterocycles. The van der Waals surface area contributed by atoms with Gasteiger partial charge in [0.25, 0.3) is 5.91 Å². The Morgan fingerprint density at radius 3 is 2.53 bits per heavy atom. The van der Waals surface area contributed by atoms with Crippen LogP contribution in [0.25, 0.3) is 0 Å². The molecule has 2 amide bonds. The fraction of sp³-hybridized carbons (Fsp3) is 0.385. The zero-order valence-corrected chi connectivity index (χ0v) is 11.5. The minimum atomic E-state index is -0.179. The highest BCUT2D eigenvalue weighted by molar-refractivity contribution is 6.00. The Labute approximate surface area is 113 Å². The van der Waals surface area contributed by atoms with Gasteiger partial charge in [0.2, 0.25) is 5.91 Å². The molecule has 0 aromatic heterocycles. The van der Waals surface area contributed by atoms with E-state index in [4.69, 9.17) is 5.73 Å². The highest BCUT2D eigenvalue weighted by Crippen LogP contribution is 2.22. The Balaban J connectivity index is 2.93. The molecular weight excluding hydrogens is 244 g/mol. The van der Waals surface area contributed by atoms with E-state index in [0.29, 0.717) is 29.9 Å². The summed E-state index contributed by atoms with van der Waals surface area (Å²) < 4.78 is 0. The molecule has 104 valence electrons. The second-order valence-electron chi connectivity index (χ2n) is 4.20. The van der Waals surface area contributed by atoms with Crippen molar-refractivity contribution in [2.24, 2.45) is 0 Å². The first-order chi connectivity index (χ1) is 8.99. The zero-order chi connectivity index (χ0) is 14.4. The van der Waals surface area contributed by atoms with E-state index in [2.05, 4.69) is 10.6 Å². The van der Waals surface area contributed by atoms with Gasteiger partial charge < -0.3 is 21.3 Å². The molecule has 6 heteroatoms. The molecule has 0 radical (unpaired) electrons. The summed E-state index contributed by atoms with van der Waals surface area (Å²) in [5, 5.41) is 5.15. The molecule has 1 rings (SSSR count). The molecule has 6 nitrogen and oxygen atoms in total. The van der Waals surface area contributed by atoms with Crippen molar-refractivity contribution in [3.8, 4) is 0 Å². The normalized spacial score (nSPS) is 9.84. The maximum Gasteiger partial charge on any atom is 0.253 e. The lowest BCUT2D eigenvalue weighted by molar-refractivity contribution is -0.120. The minimum Gasteiger partial charge on any atom is -0.399 e. The lowest BCUT2D eigenvalue weighted by Crippen LogP contribution is -2.28. The van der Waals surface area contributed by atoms with Crippen molar-refractivity contribution in [1.82, 2.24) is 10.6 Å². The van der Waals surface area contributed by atoms with Gasteiger partial charge in [0.1, 0.15) is 0 Å². The van der Waals surface area contributed by atoms with Crippen LogP contribution in [-0.4, -0.2) is 39.5 Å². The average Bonchev–Trinajstić information content (AvgIpc) is 2.43. The number of nitrogen functional groups attached to an aromatic ring is 1. The fourth-order valence-corrected chi connectivity index (χ4v) is 1.71. The van der Waals surface area contributed by atoms with E-state index in [-0.39, 0.29) is 11.8 Å². The quantitative estimate of drug-likeness (QED) is 0.663. The molecule has 1 aromatic rings.